The minimum atomic E-state index is 0.0763. The summed E-state index contributed by atoms with van der Waals surface area (Å²) >= 11 is 0. The van der Waals surface area contributed by atoms with Crippen LogP contribution in [0, 0.1) is 5.92 Å². The van der Waals surface area contributed by atoms with Gasteiger partial charge in [0, 0.05) is 31.2 Å². The molecule has 0 aromatic heterocycles. The van der Waals surface area contributed by atoms with Crippen LogP contribution in [0.15, 0.2) is 24.3 Å². The number of rotatable bonds is 3. The molecule has 0 unspecified atom stereocenters. The minimum Gasteiger partial charge on any atom is -0.396 e. The molecule has 1 aliphatic rings. The minimum absolute atomic E-state index is 0.0763. The van der Waals surface area contributed by atoms with Crippen molar-refractivity contribution in [1.29, 1.82) is 0 Å². The van der Waals surface area contributed by atoms with Crippen LogP contribution in [0.2, 0.25) is 0 Å². The Morgan fingerprint density at radius 2 is 2.00 bits per heavy atom. The number of amides is 1. The lowest BCUT2D eigenvalue weighted by Gasteiger charge is -2.38. The highest BCUT2D eigenvalue weighted by atomic mass is 16.3. The zero-order chi connectivity index (χ0) is 11.5. The number of likely N-dealkylation sites (tertiary alicyclic amines) is 1. The van der Waals surface area contributed by atoms with E-state index in [2.05, 4.69) is 6.92 Å². The van der Waals surface area contributed by atoms with Crippen LogP contribution in [-0.2, 0) is 6.42 Å². The van der Waals surface area contributed by atoms with E-state index in [0.717, 1.165) is 12.0 Å². The molecule has 0 saturated carbocycles. The lowest BCUT2D eigenvalue weighted by Crippen LogP contribution is -2.51. The summed E-state index contributed by atoms with van der Waals surface area (Å²) in [7, 11) is 0. The van der Waals surface area contributed by atoms with E-state index >= 15 is 0 Å². The van der Waals surface area contributed by atoms with E-state index in [0.29, 0.717) is 13.1 Å². The molecule has 1 heterocycles. The molecule has 1 amide bonds. The quantitative estimate of drug-likeness (QED) is 0.832. The molecule has 1 N–H and O–H groups in total. The molecule has 1 aromatic rings. The van der Waals surface area contributed by atoms with Gasteiger partial charge in [-0.15, -0.1) is 0 Å². The molecule has 0 aliphatic carbocycles. The molecule has 0 atom stereocenters. The molecule has 1 saturated heterocycles. The van der Waals surface area contributed by atoms with Gasteiger partial charge in [-0.05, 0) is 24.1 Å². The van der Waals surface area contributed by atoms with Crippen molar-refractivity contribution in [1.82, 2.24) is 4.90 Å². The highest BCUT2D eigenvalue weighted by Crippen LogP contribution is 2.18. The van der Waals surface area contributed by atoms with Crippen LogP contribution in [0.4, 0.5) is 0 Å². The number of nitrogens with zero attached hydrogens (tertiary/aromatic N) is 1. The lowest BCUT2D eigenvalue weighted by molar-refractivity contribution is 0.0362. The molecule has 16 heavy (non-hydrogen) atoms. The molecule has 86 valence electrons. The van der Waals surface area contributed by atoms with Gasteiger partial charge in [-0.25, -0.2) is 0 Å². The van der Waals surface area contributed by atoms with Gasteiger partial charge in [0.2, 0.25) is 0 Å². The second kappa shape index (κ2) is 4.66. The first-order chi connectivity index (χ1) is 7.74. The largest absolute Gasteiger partial charge is 0.396 e. The van der Waals surface area contributed by atoms with Crippen LogP contribution in [0.25, 0.3) is 0 Å². The first-order valence-electron chi connectivity index (χ1n) is 5.73. The predicted octanol–water partition coefficient (Wildman–Crippen LogP) is 1.31. The average molecular weight is 219 g/mol. The van der Waals surface area contributed by atoms with Gasteiger partial charge in [0.1, 0.15) is 0 Å². The van der Waals surface area contributed by atoms with Gasteiger partial charge in [-0.2, -0.15) is 0 Å². The number of benzene rings is 1. The summed E-state index contributed by atoms with van der Waals surface area (Å²) in [6.07, 6.45) is 0.991. The number of hydrogen-bond donors (Lipinski definition) is 1. The number of carbonyl (C=O) groups excluding carboxylic acids is 1. The van der Waals surface area contributed by atoms with Crippen molar-refractivity contribution in [2.24, 2.45) is 5.92 Å². The normalized spacial score (nSPS) is 16.0. The van der Waals surface area contributed by atoms with Crippen LogP contribution in [0.3, 0.4) is 0 Å². The number of carbonyl (C=O) groups is 1. The standard InChI is InChI=1S/C13H17NO2/c1-2-10-3-5-12(6-4-10)13(16)14-7-11(8-14)9-15/h3-6,11,15H,2,7-9H2,1H3. The number of aliphatic hydroxyl groups is 1. The van der Waals surface area contributed by atoms with Crippen molar-refractivity contribution in [3.05, 3.63) is 35.4 Å². The Balaban J connectivity index is 1.99. The fourth-order valence-corrected chi connectivity index (χ4v) is 1.92. The number of aryl methyl sites for hydroxylation is 1. The number of hydrogen-bond acceptors (Lipinski definition) is 2. The Bertz CT molecular complexity index is 366. The fourth-order valence-electron chi connectivity index (χ4n) is 1.92. The maximum atomic E-state index is 11.9. The van der Waals surface area contributed by atoms with Crippen molar-refractivity contribution in [2.75, 3.05) is 19.7 Å². The Morgan fingerprint density at radius 3 is 2.50 bits per heavy atom. The summed E-state index contributed by atoms with van der Waals surface area (Å²) < 4.78 is 0. The van der Waals surface area contributed by atoms with Gasteiger partial charge >= 0.3 is 0 Å². The zero-order valence-electron chi connectivity index (χ0n) is 9.52. The van der Waals surface area contributed by atoms with Gasteiger partial charge in [-0.1, -0.05) is 19.1 Å². The summed E-state index contributed by atoms with van der Waals surface area (Å²) in [5.74, 6) is 0.353. The molecular weight excluding hydrogens is 202 g/mol. The Labute approximate surface area is 95.7 Å². The van der Waals surface area contributed by atoms with Crippen LogP contribution in [-0.4, -0.2) is 35.6 Å². The third-order valence-electron chi connectivity index (χ3n) is 3.11. The van der Waals surface area contributed by atoms with Crippen molar-refractivity contribution >= 4 is 5.91 Å². The van der Waals surface area contributed by atoms with Gasteiger partial charge in [0.05, 0.1) is 0 Å². The van der Waals surface area contributed by atoms with Gasteiger partial charge in [-0.3, -0.25) is 4.79 Å². The van der Waals surface area contributed by atoms with Crippen LogP contribution >= 0.6 is 0 Å². The zero-order valence-corrected chi connectivity index (χ0v) is 9.52. The second-order valence-electron chi connectivity index (χ2n) is 4.31. The van der Waals surface area contributed by atoms with Crippen molar-refractivity contribution < 1.29 is 9.90 Å². The molecule has 0 spiro atoms. The van der Waals surface area contributed by atoms with Crippen LogP contribution in [0.5, 0.6) is 0 Å². The van der Waals surface area contributed by atoms with E-state index in [1.807, 2.05) is 24.3 Å². The first-order valence-corrected chi connectivity index (χ1v) is 5.73. The predicted molar refractivity (Wildman–Crippen MR) is 62.3 cm³/mol. The van der Waals surface area contributed by atoms with Crippen LogP contribution in [0.1, 0.15) is 22.8 Å². The average Bonchev–Trinajstić information content (AvgIpc) is 2.27. The lowest BCUT2D eigenvalue weighted by atomic mass is 9.99. The molecular formula is C13H17NO2. The SMILES string of the molecule is CCc1ccc(C(=O)N2CC(CO)C2)cc1. The van der Waals surface area contributed by atoms with E-state index < -0.39 is 0 Å². The summed E-state index contributed by atoms with van der Waals surface area (Å²) in [6, 6.07) is 7.76. The molecule has 3 nitrogen and oxygen atoms in total. The van der Waals surface area contributed by atoms with Crippen molar-refractivity contribution in [2.45, 2.75) is 13.3 Å². The molecule has 1 aliphatic heterocycles. The molecule has 1 aromatic carbocycles. The van der Waals surface area contributed by atoms with E-state index in [1.54, 1.807) is 4.90 Å². The summed E-state index contributed by atoms with van der Waals surface area (Å²) in [5, 5.41) is 8.89. The smallest absolute Gasteiger partial charge is 0.253 e. The van der Waals surface area contributed by atoms with E-state index in [4.69, 9.17) is 5.11 Å². The maximum absolute atomic E-state index is 11.9. The summed E-state index contributed by atoms with van der Waals surface area (Å²) in [5.41, 5.74) is 1.99. The third-order valence-corrected chi connectivity index (χ3v) is 3.11. The van der Waals surface area contributed by atoms with Crippen molar-refractivity contribution in [3.8, 4) is 0 Å². The van der Waals surface area contributed by atoms with Gasteiger partial charge in [0.25, 0.3) is 5.91 Å². The van der Waals surface area contributed by atoms with E-state index in [-0.39, 0.29) is 18.4 Å². The third kappa shape index (κ3) is 2.09. The molecule has 3 heteroatoms. The molecule has 2 rings (SSSR count). The summed E-state index contributed by atoms with van der Waals surface area (Å²) in [4.78, 5) is 13.7. The number of aliphatic hydroxyl groups excluding tert-OH is 1. The highest BCUT2D eigenvalue weighted by molar-refractivity contribution is 5.94. The molecule has 0 radical (unpaired) electrons. The second-order valence-corrected chi connectivity index (χ2v) is 4.31. The van der Waals surface area contributed by atoms with Crippen LogP contribution < -0.4 is 0 Å². The molecule has 0 bridgehead atoms. The van der Waals surface area contributed by atoms with Gasteiger partial charge < -0.3 is 10.0 Å². The Hall–Kier alpha value is -1.35. The Morgan fingerprint density at radius 1 is 1.38 bits per heavy atom. The Kier molecular flexibility index (Phi) is 3.25. The highest BCUT2D eigenvalue weighted by Gasteiger charge is 2.30. The monoisotopic (exact) mass is 219 g/mol. The topological polar surface area (TPSA) is 40.5 Å². The van der Waals surface area contributed by atoms with Gasteiger partial charge in [0.15, 0.2) is 0 Å². The van der Waals surface area contributed by atoms with E-state index in [1.165, 1.54) is 5.56 Å². The fraction of sp³-hybridized carbons (Fsp3) is 0.462. The maximum Gasteiger partial charge on any atom is 0.253 e. The van der Waals surface area contributed by atoms with E-state index in [9.17, 15) is 4.79 Å². The molecule has 1 fully saturated rings. The van der Waals surface area contributed by atoms with Crippen molar-refractivity contribution in [3.63, 3.8) is 0 Å². The first kappa shape index (κ1) is 11.1. The summed E-state index contributed by atoms with van der Waals surface area (Å²) in [6.45, 7) is 3.65.